The first-order valence-electron chi connectivity index (χ1n) is 14.7. The summed E-state index contributed by atoms with van der Waals surface area (Å²) < 4.78 is 181. The molecule has 1 aliphatic heterocycles. The molecule has 0 aromatic carbocycles. The van der Waals surface area contributed by atoms with Gasteiger partial charge in [0.15, 0.2) is 6.29 Å². The molecule has 1 aliphatic rings. The molecule has 0 aromatic rings. The maximum absolute atomic E-state index is 13.8. The summed E-state index contributed by atoms with van der Waals surface area (Å²) >= 11 is 0. The summed E-state index contributed by atoms with van der Waals surface area (Å²) in [5, 5.41) is 41.1. The van der Waals surface area contributed by atoms with Crippen LogP contribution in [0.3, 0.4) is 0 Å². The number of nitrogens with two attached hydrogens (primary N) is 1. The van der Waals surface area contributed by atoms with Crippen LogP contribution in [0.25, 0.3) is 0 Å². The summed E-state index contributed by atoms with van der Waals surface area (Å²) in [6.07, 6.45) is -15.3. The number of hydrogen-bond acceptors (Lipinski definition) is 8. The van der Waals surface area contributed by atoms with Crippen molar-refractivity contribution in [1.29, 1.82) is 0 Å². The van der Waals surface area contributed by atoms with Crippen LogP contribution in [0.5, 0.6) is 0 Å². The Balaban J connectivity index is 2.28. The van der Waals surface area contributed by atoms with Gasteiger partial charge < -0.3 is 41.0 Å². The molecule has 0 bridgehead atoms. The Morgan fingerprint density at radius 2 is 1.15 bits per heavy atom. The van der Waals surface area contributed by atoms with Gasteiger partial charge in [0.1, 0.15) is 30.5 Å². The van der Waals surface area contributed by atoms with E-state index < -0.39 is 104 Å². The monoisotopic (exact) mass is 738 g/mol. The Morgan fingerprint density at radius 1 is 0.688 bits per heavy atom. The summed E-state index contributed by atoms with van der Waals surface area (Å²) in [6.45, 7) is -0.930. The van der Waals surface area contributed by atoms with Crippen molar-refractivity contribution >= 4 is 5.91 Å². The van der Waals surface area contributed by atoms with Crippen molar-refractivity contribution in [3.8, 4) is 0 Å². The van der Waals surface area contributed by atoms with Gasteiger partial charge in [-0.1, -0.05) is 44.9 Å². The molecule has 1 fully saturated rings. The van der Waals surface area contributed by atoms with Gasteiger partial charge in [-0.05, 0) is 12.8 Å². The number of aliphatic hydroxyl groups is 4. The Labute approximate surface area is 265 Å². The second kappa shape index (κ2) is 17.5. The highest BCUT2D eigenvalue weighted by Gasteiger charge is 2.90. The van der Waals surface area contributed by atoms with Gasteiger partial charge in [-0.25, -0.2) is 0 Å². The molecular weight excluding hydrogens is 699 g/mol. The van der Waals surface area contributed by atoms with E-state index in [9.17, 15) is 77.2 Å². The van der Waals surface area contributed by atoms with Crippen molar-refractivity contribution in [3.05, 3.63) is 0 Å². The summed E-state index contributed by atoms with van der Waals surface area (Å²) in [6, 6.07) is -1.21. The third-order valence-corrected chi connectivity index (χ3v) is 7.59. The van der Waals surface area contributed by atoms with Crippen LogP contribution in [-0.2, 0) is 14.3 Å². The molecule has 6 atom stereocenters. The Hall–Kier alpha value is -1.72. The highest BCUT2D eigenvalue weighted by atomic mass is 19.4. The maximum Gasteiger partial charge on any atom is 0.460 e. The van der Waals surface area contributed by atoms with Crippen LogP contribution in [0.2, 0.25) is 0 Å². The van der Waals surface area contributed by atoms with Crippen molar-refractivity contribution in [2.75, 3.05) is 19.8 Å². The zero-order valence-corrected chi connectivity index (χ0v) is 25.2. The van der Waals surface area contributed by atoms with Gasteiger partial charge in [0, 0.05) is 13.0 Å². The lowest BCUT2D eigenvalue weighted by molar-refractivity contribution is -0.440. The van der Waals surface area contributed by atoms with E-state index in [1.165, 1.54) is 0 Å². The van der Waals surface area contributed by atoms with E-state index in [-0.39, 0.29) is 19.4 Å². The first kappa shape index (κ1) is 44.3. The highest BCUT2D eigenvalue weighted by molar-refractivity contribution is 5.81. The number of halogens is 13. The number of nitrogens with one attached hydrogen (secondary N) is 1. The van der Waals surface area contributed by atoms with Gasteiger partial charge in [-0.2, -0.15) is 57.1 Å². The zero-order chi connectivity index (χ0) is 37.4. The third-order valence-electron chi connectivity index (χ3n) is 7.59. The third kappa shape index (κ3) is 10.2. The van der Waals surface area contributed by atoms with E-state index >= 15 is 0 Å². The summed E-state index contributed by atoms with van der Waals surface area (Å²) in [4.78, 5) is 12.1. The first-order chi connectivity index (χ1) is 21.8. The summed E-state index contributed by atoms with van der Waals surface area (Å²) in [7, 11) is 0. The minimum atomic E-state index is -7.89. The van der Waals surface area contributed by atoms with E-state index in [1.54, 1.807) is 0 Å². The second-order valence-corrected chi connectivity index (χ2v) is 11.4. The molecule has 0 aliphatic carbocycles. The molecule has 9 nitrogen and oxygen atoms in total. The Morgan fingerprint density at radius 3 is 1.62 bits per heavy atom. The van der Waals surface area contributed by atoms with Crippen LogP contribution < -0.4 is 11.1 Å². The highest BCUT2D eigenvalue weighted by Crippen LogP contribution is 2.60. The van der Waals surface area contributed by atoms with Gasteiger partial charge in [0.25, 0.3) is 0 Å². The lowest BCUT2D eigenvalue weighted by Crippen LogP contribution is -2.70. The van der Waals surface area contributed by atoms with E-state index in [0.29, 0.717) is 38.5 Å². The molecule has 1 saturated heterocycles. The zero-order valence-electron chi connectivity index (χ0n) is 25.2. The van der Waals surface area contributed by atoms with Crippen LogP contribution in [0.15, 0.2) is 0 Å². The molecule has 0 saturated carbocycles. The fourth-order valence-electron chi connectivity index (χ4n) is 4.49. The van der Waals surface area contributed by atoms with Crippen LogP contribution in [0.1, 0.15) is 64.2 Å². The fourth-order valence-corrected chi connectivity index (χ4v) is 4.49. The molecule has 286 valence electrons. The molecule has 0 aromatic heterocycles. The fraction of sp³-hybridized carbons (Fsp3) is 0.962. The predicted molar refractivity (Wildman–Crippen MR) is 138 cm³/mol. The molecule has 1 rings (SSSR count). The molecule has 0 spiro atoms. The van der Waals surface area contributed by atoms with Gasteiger partial charge in [0.05, 0.1) is 13.2 Å². The largest absolute Gasteiger partial charge is 0.460 e. The molecule has 1 heterocycles. The Bertz CT molecular complexity index is 990. The molecule has 7 N–H and O–H groups in total. The number of carbonyl (C=O) groups is 1. The minimum absolute atomic E-state index is 0.0967. The Kier molecular flexibility index (Phi) is 16.1. The summed E-state index contributed by atoms with van der Waals surface area (Å²) in [5.74, 6) is -37.3. The number of ether oxygens (including phenoxy) is 2. The molecule has 22 heteroatoms. The maximum atomic E-state index is 13.8. The van der Waals surface area contributed by atoms with Crippen LogP contribution in [-0.4, -0.2) is 119 Å². The minimum Gasteiger partial charge on any atom is -0.394 e. The van der Waals surface area contributed by atoms with E-state index in [4.69, 9.17) is 20.3 Å². The van der Waals surface area contributed by atoms with E-state index in [2.05, 4.69) is 5.32 Å². The van der Waals surface area contributed by atoms with Crippen LogP contribution >= 0.6 is 0 Å². The lowest BCUT2D eigenvalue weighted by Gasteiger charge is -2.39. The van der Waals surface area contributed by atoms with Crippen molar-refractivity contribution in [3.63, 3.8) is 0 Å². The number of aliphatic hydroxyl groups excluding tert-OH is 4. The number of alkyl halides is 13. The number of amides is 1. The smallest absolute Gasteiger partial charge is 0.394 e. The van der Waals surface area contributed by atoms with Crippen molar-refractivity contribution in [2.45, 2.75) is 137 Å². The van der Waals surface area contributed by atoms with Crippen molar-refractivity contribution in [1.82, 2.24) is 5.32 Å². The van der Waals surface area contributed by atoms with Crippen LogP contribution in [0.4, 0.5) is 57.1 Å². The quantitative estimate of drug-likeness (QED) is 0.0767. The standard InChI is InChI=1S/C26H39F13N2O7/c27-21(28,22(29,30)23(31,32)24(33,34)25(35,36)26(37,38)39)10-8-6-4-2-1-3-5-7-9-11-41-19(46)14(40)13-47-20-18(45)17(44)16(43)15(12-42)48-20/h14-18,20,42-45H,1-13,40H2,(H,41,46)/t14-,15-,16+,17+,18-,20-/m1/s1. The summed E-state index contributed by atoms with van der Waals surface area (Å²) in [5.41, 5.74) is 5.71. The normalized spacial score (nSPS) is 24.1. The predicted octanol–water partition coefficient (Wildman–Crippen LogP) is 3.89. The van der Waals surface area contributed by atoms with E-state index in [0.717, 1.165) is 0 Å². The van der Waals surface area contributed by atoms with Gasteiger partial charge >= 0.3 is 35.8 Å². The molecule has 48 heavy (non-hydrogen) atoms. The van der Waals surface area contributed by atoms with Gasteiger partial charge in [-0.3, -0.25) is 4.79 Å². The van der Waals surface area contributed by atoms with Crippen molar-refractivity contribution < 1.29 is 91.8 Å². The molecule has 0 unspecified atom stereocenters. The SMILES string of the molecule is N[C@H](CO[C@@H]1O[C@H](CO)[C@H](O)[C@H](O)[C@H]1O)C(=O)NCCCCCCCCCCCC(F)(F)C(F)(F)C(F)(F)C(F)(F)C(F)(F)C(F)(F)F. The average Bonchev–Trinajstić information content (AvgIpc) is 2.98. The first-order valence-corrected chi connectivity index (χ1v) is 14.7. The van der Waals surface area contributed by atoms with Gasteiger partial charge in [-0.15, -0.1) is 0 Å². The van der Waals surface area contributed by atoms with Crippen LogP contribution in [0, 0.1) is 0 Å². The number of carbonyl (C=O) groups excluding carboxylic acids is 1. The molecule has 0 radical (unpaired) electrons. The average molecular weight is 739 g/mol. The van der Waals surface area contributed by atoms with Crippen molar-refractivity contribution in [2.24, 2.45) is 5.73 Å². The van der Waals surface area contributed by atoms with Gasteiger partial charge in [0.2, 0.25) is 5.91 Å². The molecular formula is C26H39F13N2O7. The molecule has 1 amide bonds. The van der Waals surface area contributed by atoms with E-state index in [1.807, 2.05) is 0 Å². The topological polar surface area (TPSA) is 155 Å². The number of unbranched alkanes of at least 4 members (excludes halogenated alkanes) is 8. The lowest BCUT2D eigenvalue weighted by atomic mass is 9.91. The second-order valence-electron chi connectivity index (χ2n) is 11.4. The number of hydrogen-bond donors (Lipinski definition) is 6. The number of rotatable bonds is 21.